The molecular formula is C24H24ClN5O3S. The molecule has 0 saturated carbocycles. The van der Waals surface area contributed by atoms with Crippen molar-refractivity contribution in [2.75, 3.05) is 54.2 Å². The Morgan fingerprint density at radius 3 is 2.38 bits per heavy atom. The predicted molar refractivity (Wildman–Crippen MR) is 135 cm³/mol. The molecule has 1 aromatic heterocycles. The molecule has 3 aromatic rings. The second-order valence-corrected chi connectivity index (χ2v) is 9.02. The Kier molecular flexibility index (Phi) is 7.87. The van der Waals surface area contributed by atoms with E-state index < -0.39 is 5.97 Å². The molecule has 0 bridgehead atoms. The number of esters is 1. The molecule has 0 spiro atoms. The van der Waals surface area contributed by atoms with Crippen molar-refractivity contribution in [3.05, 3.63) is 71.2 Å². The first-order valence-electron chi connectivity index (χ1n) is 10.7. The summed E-state index contributed by atoms with van der Waals surface area (Å²) >= 11 is 7.43. The van der Waals surface area contributed by atoms with Crippen LogP contribution in [0.25, 0.3) is 0 Å². The van der Waals surface area contributed by atoms with Gasteiger partial charge in [-0.1, -0.05) is 29.4 Å². The van der Waals surface area contributed by atoms with Crippen molar-refractivity contribution < 1.29 is 14.3 Å². The molecule has 0 radical (unpaired) electrons. The third-order valence-electron chi connectivity index (χ3n) is 5.34. The summed E-state index contributed by atoms with van der Waals surface area (Å²) in [4.78, 5) is 28.2. The zero-order chi connectivity index (χ0) is 23.9. The number of piperazine rings is 1. The Hall–Kier alpha value is -3.30. The number of thioether (sulfide) groups is 1. The minimum absolute atomic E-state index is 0.168. The number of anilines is 3. The zero-order valence-electron chi connectivity index (χ0n) is 18.6. The largest absolute Gasteiger partial charge is 0.465 e. The lowest BCUT2D eigenvalue weighted by Gasteiger charge is -2.36. The molecule has 176 valence electrons. The third kappa shape index (κ3) is 6.18. The van der Waals surface area contributed by atoms with Crippen molar-refractivity contribution in [2.24, 2.45) is 0 Å². The Balaban J connectivity index is 1.24. The first kappa shape index (κ1) is 23.8. The van der Waals surface area contributed by atoms with Gasteiger partial charge in [-0.2, -0.15) is 0 Å². The van der Waals surface area contributed by atoms with Crippen molar-refractivity contribution in [1.82, 2.24) is 10.2 Å². The van der Waals surface area contributed by atoms with Crippen molar-refractivity contribution in [2.45, 2.75) is 5.03 Å². The number of carbonyl (C=O) groups excluding carboxylic acids is 2. The lowest BCUT2D eigenvalue weighted by molar-refractivity contribution is -0.113. The van der Waals surface area contributed by atoms with E-state index in [4.69, 9.17) is 11.6 Å². The summed E-state index contributed by atoms with van der Waals surface area (Å²) in [6, 6.07) is 18.3. The van der Waals surface area contributed by atoms with E-state index in [1.165, 1.54) is 18.9 Å². The number of hydrogen-bond donors (Lipinski definition) is 1. The number of carbonyl (C=O) groups is 2. The molecule has 1 N–H and O–H groups in total. The molecular weight excluding hydrogens is 474 g/mol. The molecule has 0 aliphatic carbocycles. The van der Waals surface area contributed by atoms with Gasteiger partial charge in [0.25, 0.3) is 0 Å². The zero-order valence-corrected chi connectivity index (χ0v) is 20.2. The highest BCUT2D eigenvalue weighted by Gasteiger charge is 2.19. The smallest absolute Gasteiger partial charge is 0.337 e. The van der Waals surface area contributed by atoms with Crippen LogP contribution in [0.15, 0.2) is 65.7 Å². The van der Waals surface area contributed by atoms with Gasteiger partial charge in [-0.15, -0.1) is 10.2 Å². The molecule has 2 heterocycles. The first-order chi connectivity index (χ1) is 16.5. The number of halogens is 1. The maximum Gasteiger partial charge on any atom is 0.337 e. The average Bonchev–Trinajstić information content (AvgIpc) is 2.88. The van der Waals surface area contributed by atoms with Crippen molar-refractivity contribution >= 4 is 52.4 Å². The van der Waals surface area contributed by atoms with Crippen LogP contribution in [0, 0.1) is 0 Å². The summed E-state index contributed by atoms with van der Waals surface area (Å²) in [5, 5.41) is 12.8. The van der Waals surface area contributed by atoms with Gasteiger partial charge in [0.2, 0.25) is 5.91 Å². The quantitative estimate of drug-likeness (QED) is 0.387. The molecule has 1 aliphatic heterocycles. The summed E-state index contributed by atoms with van der Waals surface area (Å²) in [7, 11) is 1.33. The maximum absolute atomic E-state index is 12.3. The van der Waals surface area contributed by atoms with Gasteiger partial charge < -0.3 is 19.9 Å². The number of benzene rings is 2. The molecule has 10 heteroatoms. The minimum Gasteiger partial charge on any atom is -0.465 e. The van der Waals surface area contributed by atoms with Crippen LogP contribution in [-0.4, -0.2) is 61.1 Å². The van der Waals surface area contributed by atoms with Gasteiger partial charge in [0.1, 0.15) is 5.03 Å². The lowest BCUT2D eigenvalue weighted by atomic mass is 10.2. The number of methoxy groups -OCH3 is 1. The van der Waals surface area contributed by atoms with Gasteiger partial charge in [0, 0.05) is 42.6 Å². The molecule has 8 nitrogen and oxygen atoms in total. The van der Waals surface area contributed by atoms with E-state index >= 15 is 0 Å². The fraction of sp³-hybridized carbons (Fsp3) is 0.250. The van der Waals surface area contributed by atoms with Crippen molar-refractivity contribution in [1.29, 1.82) is 0 Å². The molecule has 0 unspecified atom stereocenters. The van der Waals surface area contributed by atoms with E-state index in [2.05, 4.69) is 36.1 Å². The monoisotopic (exact) mass is 497 g/mol. The topological polar surface area (TPSA) is 87.7 Å². The molecule has 1 saturated heterocycles. The van der Waals surface area contributed by atoms with Crippen LogP contribution in [-0.2, 0) is 9.53 Å². The van der Waals surface area contributed by atoms with Crippen LogP contribution < -0.4 is 15.1 Å². The van der Waals surface area contributed by atoms with Gasteiger partial charge in [-0.25, -0.2) is 4.79 Å². The molecule has 0 atom stereocenters. The van der Waals surface area contributed by atoms with Gasteiger partial charge in [0.15, 0.2) is 5.82 Å². The van der Waals surface area contributed by atoms with E-state index in [-0.39, 0.29) is 11.7 Å². The Bertz CT molecular complexity index is 1140. The molecule has 2 aromatic carbocycles. The van der Waals surface area contributed by atoms with Crippen LogP contribution in [0.5, 0.6) is 0 Å². The number of rotatable bonds is 7. The van der Waals surface area contributed by atoms with E-state index in [1.807, 2.05) is 30.3 Å². The summed E-state index contributed by atoms with van der Waals surface area (Å²) in [6.07, 6.45) is 0. The van der Waals surface area contributed by atoms with Crippen LogP contribution in [0.1, 0.15) is 10.4 Å². The summed E-state index contributed by atoms with van der Waals surface area (Å²) in [5.41, 5.74) is 2.16. The first-order valence-corrected chi connectivity index (χ1v) is 12.1. The normalized spacial score (nSPS) is 13.5. The Labute approximate surface area is 207 Å². The fourth-order valence-electron chi connectivity index (χ4n) is 3.57. The molecule has 4 rings (SSSR count). The highest BCUT2D eigenvalue weighted by atomic mass is 35.5. The number of hydrogen-bond acceptors (Lipinski definition) is 8. The minimum atomic E-state index is -0.418. The number of ether oxygens (including phenoxy) is 1. The third-order valence-corrected chi connectivity index (χ3v) is 6.50. The standard InChI is InChI=1S/C24H24ClN5O3S/c1-33-24(32)17-5-7-19(8-6-17)26-22(31)16-34-23-10-9-21(27-28-23)30-13-11-29(12-14-30)20-4-2-3-18(25)15-20/h2-10,15H,11-14,16H2,1H3,(H,26,31). The number of amides is 1. The highest BCUT2D eigenvalue weighted by Crippen LogP contribution is 2.23. The lowest BCUT2D eigenvalue weighted by Crippen LogP contribution is -2.46. The van der Waals surface area contributed by atoms with Crippen molar-refractivity contribution in [3.63, 3.8) is 0 Å². The molecule has 1 amide bonds. The van der Waals surface area contributed by atoms with E-state index in [0.29, 0.717) is 16.3 Å². The number of aromatic nitrogens is 2. The van der Waals surface area contributed by atoms with Crippen LogP contribution >= 0.6 is 23.4 Å². The molecule has 1 fully saturated rings. The summed E-state index contributed by atoms with van der Waals surface area (Å²) < 4.78 is 4.67. The average molecular weight is 498 g/mol. The SMILES string of the molecule is COC(=O)c1ccc(NC(=O)CSc2ccc(N3CCN(c4cccc(Cl)c4)CC3)nn2)cc1. The Morgan fingerprint density at radius 1 is 1.00 bits per heavy atom. The van der Waals surface area contributed by atoms with Gasteiger partial charge >= 0.3 is 5.97 Å². The second-order valence-electron chi connectivity index (χ2n) is 7.59. The highest BCUT2D eigenvalue weighted by molar-refractivity contribution is 7.99. The number of nitrogens with one attached hydrogen (secondary N) is 1. The van der Waals surface area contributed by atoms with Crippen LogP contribution in [0.4, 0.5) is 17.2 Å². The van der Waals surface area contributed by atoms with Crippen LogP contribution in [0.3, 0.4) is 0 Å². The summed E-state index contributed by atoms with van der Waals surface area (Å²) in [5.74, 6) is 0.438. The van der Waals surface area contributed by atoms with Gasteiger partial charge in [0.05, 0.1) is 18.4 Å². The van der Waals surface area contributed by atoms with Crippen LogP contribution in [0.2, 0.25) is 5.02 Å². The van der Waals surface area contributed by atoms with E-state index in [0.717, 1.165) is 42.7 Å². The number of nitrogens with zero attached hydrogens (tertiary/aromatic N) is 4. The van der Waals surface area contributed by atoms with Gasteiger partial charge in [-0.3, -0.25) is 4.79 Å². The fourth-order valence-corrected chi connectivity index (χ4v) is 4.37. The summed E-state index contributed by atoms with van der Waals surface area (Å²) in [6.45, 7) is 3.42. The second kappa shape index (κ2) is 11.2. The molecule has 1 aliphatic rings. The van der Waals surface area contributed by atoms with E-state index in [9.17, 15) is 9.59 Å². The van der Waals surface area contributed by atoms with E-state index in [1.54, 1.807) is 24.3 Å². The van der Waals surface area contributed by atoms with Crippen molar-refractivity contribution in [3.8, 4) is 0 Å². The van der Waals surface area contributed by atoms with Gasteiger partial charge in [-0.05, 0) is 54.6 Å². The predicted octanol–water partition coefficient (Wildman–Crippen LogP) is 3.97. The Morgan fingerprint density at radius 2 is 1.74 bits per heavy atom. The maximum atomic E-state index is 12.3. The molecule has 34 heavy (non-hydrogen) atoms.